The fourth-order valence-corrected chi connectivity index (χ4v) is 5.76. The second-order valence-electron chi connectivity index (χ2n) is 10.1. The van der Waals surface area contributed by atoms with Gasteiger partial charge in [0.2, 0.25) is 5.91 Å². The number of amides is 1. The number of hydrogen-bond acceptors (Lipinski definition) is 6. The number of H-pyrrole nitrogens is 2. The van der Waals surface area contributed by atoms with Crippen LogP contribution in [0.4, 0.5) is 14.5 Å². The van der Waals surface area contributed by atoms with Crippen molar-refractivity contribution in [1.82, 2.24) is 30.0 Å². The normalized spacial score (nSPS) is 26.3. The van der Waals surface area contributed by atoms with E-state index in [0.717, 1.165) is 24.3 Å². The third-order valence-corrected chi connectivity index (χ3v) is 8.18. The topological polar surface area (TPSA) is 103 Å². The zero-order valence-corrected chi connectivity index (χ0v) is 20.1. The van der Waals surface area contributed by atoms with E-state index >= 15 is 0 Å². The molecule has 0 radical (unpaired) electrons. The monoisotopic (exact) mass is 485 g/mol. The van der Waals surface area contributed by atoms with Crippen molar-refractivity contribution in [2.75, 3.05) is 37.7 Å². The van der Waals surface area contributed by atoms with E-state index < -0.39 is 17.3 Å². The number of ether oxygens (including phenoxy) is 1. The van der Waals surface area contributed by atoms with E-state index in [0.29, 0.717) is 48.1 Å². The number of imidazole rings is 1. The number of pyridine rings is 1. The first kappa shape index (κ1) is 22.5. The number of morpholine rings is 1. The van der Waals surface area contributed by atoms with Crippen molar-refractivity contribution in [3.8, 4) is 11.5 Å². The summed E-state index contributed by atoms with van der Waals surface area (Å²) < 4.78 is 34.0. The van der Waals surface area contributed by atoms with Crippen LogP contribution in [-0.2, 0) is 22.4 Å². The minimum atomic E-state index is -2.65. The molecule has 0 aromatic carbocycles. The zero-order valence-electron chi connectivity index (χ0n) is 20.1. The third kappa shape index (κ3) is 3.31. The smallest absolute Gasteiger partial charge is 0.258 e. The number of rotatable bonds is 5. The van der Waals surface area contributed by atoms with Crippen molar-refractivity contribution < 1.29 is 18.3 Å². The zero-order chi connectivity index (χ0) is 24.5. The summed E-state index contributed by atoms with van der Waals surface area (Å²) >= 11 is 0. The molecule has 9 nitrogen and oxygen atoms in total. The molecule has 6 rings (SSSR count). The number of anilines is 1. The van der Waals surface area contributed by atoms with Crippen LogP contribution >= 0.6 is 0 Å². The van der Waals surface area contributed by atoms with Gasteiger partial charge in [0.15, 0.2) is 11.5 Å². The van der Waals surface area contributed by atoms with Gasteiger partial charge in [-0.15, -0.1) is 0 Å². The maximum atomic E-state index is 14.3. The number of likely N-dealkylation sites (N-methyl/N-ethyl adjacent to an activating group) is 1. The van der Waals surface area contributed by atoms with Gasteiger partial charge < -0.3 is 14.6 Å². The molecule has 4 heterocycles. The lowest BCUT2D eigenvalue weighted by Crippen LogP contribution is -2.51. The van der Waals surface area contributed by atoms with Crippen molar-refractivity contribution in [3.63, 3.8) is 0 Å². The maximum absolute atomic E-state index is 14.3. The van der Waals surface area contributed by atoms with Gasteiger partial charge in [-0.2, -0.15) is 5.10 Å². The number of aromatic amines is 2. The number of hydrogen-bond donors (Lipinski definition) is 2. The molecule has 3 aliphatic rings. The third-order valence-electron chi connectivity index (χ3n) is 8.18. The summed E-state index contributed by atoms with van der Waals surface area (Å²) in [5, 5.41) is 7.36. The Labute approximate surface area is 201 Å². The number of carbonyl (C=O) groups excluding carboxylic acids is 1. The molecular formula is C24H29F2N7O2. The number of fused-ring (bicyclic) bond motifs is 3. The van der Waals surface area contributed by atoms with Gasteiger partial charge in [-0.05, 0) is 26.3 Å². The Kier molecular flexibility index (Phi) is 5.02. The molecule has 2 fully saturated rings. The molecule has 0 bridgehead atoms. The predicted molar refractivity (Wildman–Crippen MR) is 125 cm³/mol. The van der Waals surface area contributed by atoms with Crippen molar-refractivity contribution in [2.24, 2.45) is 11.3 Å². The Morgan fingerprint density at radius 1 is 1.37 bits per heavy atom. The van der Waals surface area contributed by atoms with Crippen LogP contribution in [0.3, 0.4) is 0 Å². The lowest BCUT2D eigenvalue weighted by atomic mass is 9.87. The van der Waals surface area contributed by atoms with Crippen molar-refractivity contribution in [3.05, 3.63) is 23.5 Å². The summed E-state index contributed by atoms with van der Waals surface area (Å²) in [6, 6.07) is 1.56. The maximum Gasteiger partial charge on any atom is 0.258 e. The molecule has 0 spiro atoms. The quantitative estimate of drug-likeness (QED) is 0.576. The minimum absolute atomic E-state index is 0.00101. The average Bonchev–Trinajstić information content (AvgIpc) is 3.25. The van der Waals surface area contributed by atoms with Crippen molar-refractivity contribution in [1.29, 1.82) is 0 Å². The van der Waals surface area contributed by atoms with Gasteiger partial charge in [-0.1, -0.05) is 6.92 Å². The van der Waals surface area contributed by atoms with Crippen LogP contribution in [0, 0.1) is 11.3 Å². The van der Waals surface area contributed by atoms with E-state index in [1.165, 1.54) is 0 Å². The first-order valence-corrected chi connectivity index (χ1v) is 12.2. The van der Waals surface area contributed by atoms with Crippen molar-refractivity contribution in [2.45, 2.75) is 45.6 Å². The number of halogens is 2. The van der Waals surface area contributed by atoms with Gasteiger partial charge in [-0.3, -0.25) is 14.8 Å². The SMILES string of the molecule is CCN(C(=O)[C@H](C)N1CCOCC1)c1cnc2[nH]c(-c3n[nH]c4c3C[C@@H]3C(F)(F)[C@]3(C)C4)nc2c1. The van der Waals surface area contributed by atoms with Gasteiger partial charge in [0, 0.05) is 48.6 Å². The largest absolute Gasteiger partial charge is 0.379 e. The standard InChI is InChI=1S/C24H29F2N7O2/c1-4-33(22(34)13(2)32-5-7-35-8-6-32)14-9-16-20(27-12-14)29-21(28-16)19-15-10-18-23(3,24(18,25)26)11-17(15)30-31-19/h9,12-13,18H,4-8,10-11H2,1-3H3,(H,30,31)(H,27,28,29)/t13-,18-,23+/m0/s1. The molecule has 3 aromatic rings. The van der Waals surface area contributed by atoms with E-state index in [-0.39, 0.29) is 24.8 Å². The molecule has 1 saturated heterocycles. The van der Waals surface area contributed by atoms with Crippen LogP contribution < -0.4 is 4.90 Å². The fourth-order valence-electron chi connectivity index (χ4n) is 5.76. The lowest BCUT2D eigenvalue weighted by Gasteiger charge is -2.34. The molecule has 1 aliphatic heterocycles. The van der Waals surface area contributed by atoms with E-state index in [1.54, 1.807) is 18.0 Å². The molecule has 3 atom stereocenters. The second kappa shape index (κ2) is 7.79. The Morgan fingerprint density at radius 3 is 2.89 bits per heavy atom. The molecule has 3 aromatic heterocycles. The highest BCUT2D eigenvalue weighted by atomic mass is 19.3. The fraction of sp³-hybridized carbons (Fsp3) is 0.583. The van der Waals surface area contributed by atoms with Crippen LogP contribution in [0.5, 0.6) is 0 Å². The number of nitrogens with one attached hydrogen (secondary N) is 2. The van der Waals surface area contributed by atoms with Crippen LogP contribution in [-0.4, -0.2) is 80.8 Å². The molecule has 11 heteroatoms. The number of alkyl halides is 2. The first-order chi connectivity index (χ1) is 16.7. The highest BCUT2D eigenvalue weighted by molar-refractivity contribution is 5.98. The minimum Gasteiger partial charge on any atom is -0.379 e. The Hall–Kier alpha value is -2.92. The lowest BCUT2D eigenvalue weighted by molar-refractivity contribution is -0.124. The highest BCUT2D eigenvalue weighted by Crippen LogP contribution is 2.70. The molecular weight excluding hydrogens is 456 g/mol. The Balaban J connectivity index is 1.27. The van der Waals surface area contributed by atoms with E-state index in [1.807, 2.05) is 19.9 Å². The van der Waals surface area contributed by atoms with E-state index in [9.17, 15) is 13.6 Å². The molecule has 35 heavy (non-hydrogen) atoms. The first-order valence-electron chi connectivity index (χ1n) is 12.2. The van der Waals surface area contributed by atoms with Gasteiger partial charge >= 0.3 is 0 Å². The van der Waals surface area contributed by atoms with Gasteiger partial charge in [0.1, 0.15) is 11.2 Å². The molecule has 1 saturated carbocycles. The Morgan fingerprint density at radius 2 is 2.14 bits per heavy atom. The molecule has 2 N–H and O–H groups in total. The van der Waals surface area contributed by atoms with Crippen LogP contribution in [0.2, 0.25) is 0 Å². The molecule has 2 aliphatic carbocycles. The highest BCUT2D eigenvalue weighted by Gasteiger charge is 2.78. The van der Waals surface area contributed by atoms with Gasteiger partial charge in [-0.25, -0.2) is 18.7 Å². The summed E-state index contributed by atoms with van der Waals surface area (Å²) in [5.41, 5.74) is 2.95. The Bertz CT molecular complexity index is 1300. The number of nitrogens with zero attached hydrogens (tertiary/aromatic N) is 5. The van der Waals surface area contributed by atoms with Crippen LogP contribution in [0.25, 0.3) is 22.7 Å². The number of carbonyl (C=O) groups is 1. The van der Waals surface area contributed by atoms with Crippen LogP contribution in [0.1, 0.15) is 32.0 Å². The summed E-state index contributed by atoms with van der Waals surface area (Å²) in [7, 11) is 0. The van der Waals surface area contributed by atoms with E-state index in [4.69, 9.17) is 4.74 Å². The summed E-state index contributed by atoms with van der Waals surface area (Å²) in [6.07, 6.45) is 2.22. The van der Waals surface area contributed by atoms with Crippen molar-refractivity contribution >= 4 is 22.8 Å². The molecule has 186 valence electrons. The predicted octanol–water partition coefficient (Wildman–Crippen LogP) is 2.79. The van der Waals surface area contributed by atoms with Gasteiger partial charge in [0.05, 0.1) is 31.1 Å². The molecule has 1 amide bonds. The van der Waals surface area contributed by atoms with Crippen LogP contribution in [0.15, 0.2) is 12.3 Å². The van der Waals surface area contributed by atoms with Gasteiger partial charge in [0.25, 0.3) is 5.92 Å². The average molecular weight is 486 g/mol. The van der Waals surface area contributed by atoms with E-state index in [2.05, 4.69) is 30.0 Å². The molecule has 0 unspecified atom stereocenters. The number of aromatic nitrogens is 5. The summed E-state index contributed by atoms with van der Waals surface area (Å²) in [4.78, 5) is 29.5. The second-order valence-corrected chi connectivity index (χ2v) is 10.1. The summed E-state index contributed by atoms with van der Waals surface area (Å²) in [5.74, 6) is -2.82. The summed E-state index contributed by atoms with van der Waals surface area (Å²) in [6.45, 7) is 8.71.